The van der Waals surface area contributed by atoms with Crippen molar-refractivity contribution in [2.24, 2.45) is 0 Å². The molecule has 1 aliphatic heterocycles. The highest BCUT2D eigenvalue weighted by atomic mass is 32.2. The molecule has 1 fully saturated rings. The molecular weight excluding hydrogens is 373 g/mol. The van der Waals surface area contributed by atoms with E-state index in [9.17, 15) is 9.18 Å². The van der Waals surface area contributed by atoms with Crippen LogP contribution < -0.4 is 0 Å². The summed E-state index contributed by atoms with van der Waals surface area (Å²) in [5.74, 6) is 0.621. The van der Waals surface area contributed by atoms with Gasteiger partial charge in [0, 0.05) is 31.4 Å². The van der Waals surface area contributed by atoms with Gasteiger partial charge >= 0.3 is 0 Å². The maximum Gasteiger partial charge on any atom is 0.266 e. The molecule has 0 spiro atoms. The number of nitrogens with zero attached hydrogens (tertiary/aromatic N) is 1. The molecule has 136 valence electrons. The molecule has 1 aliphatic rings. The number of thiocarbonyl (C=S) groups is 1. The Hall–Kier alpha value is -1.96. The van der Waals surface area contributed by atoms with E-state index in [1.54, 1.807) is 35.2 Å². The number of ether oxygens (including phenoxy) is 1. The Balaban J connectivity index is 1.70. The van der Waals surface area contributed by atoms with Gasteiger partial charge in [-0.1, -0.05) is 36.1 Å². The molecule has 3 rings (SSSR count). The van der Waals surface area contributed by atoms with Gasteiger partial charge in [-0.05, 0) is 37.6 Å². The third-order valence-corrected chi connectivity index (χ3v) is 5.14. The highest BCUT2D eigenvalue weighted by Crippen LogP contribution is 2.33. The van der Waals surface area contributed by atoms with Gasteiger partial charge in [0.25, 0.3) is 5.91 Å². The van der Waals surface area contributed by atoms with Crippen LogP contribution in [0.25, 0.3) is 17.4 Å². The van der Waals surface area contributed by atoms with E-state index in [1.807, 2.05) is 6.92 Å². The van der Waals surface area contributed by atoms with Crippen molar-refractivity contribution >= 4 is 40.3 Å². The van der Waals surface area contributed by atoms with Crippen molar-refractivity contribution in [1.82, 2.24) is 4.90 Å². The smallest absolute Gasteiger partial charge is 0.266 e. The van der Waals surface area contributed by atoms with E-state index in [0.29, 0.717) is 46.1 Å². The molecular formula is C19H18FNO3S2. The Morgan fingerprint density at radius 3 is 2.96 bits per heavy atom. The summed E-state index contributed by atoms with van der Waals surface area (Å²) in [6.07, 6.45) is 2.41. The lowest BCUT2D eigenvalue weighted by Gasteiger charge is -2.13. The molecule has 0 aliphatic carbocycles. The Bertz CT molecular complexity index is 847. The van der Waals surface area contributed by atoms with Gasteiger partial charge in [-0.25, -0.2) is 4.39 Å². The lowest BCUT2D eigenvalue weighted by Crippen LogP contribution is -2.29. The van der Waals surface area contributed by atoms with Crippen molar-refractivity contribution in [3.8, 4) is 11.3 Å². The van der Waals surface area contributed by atoms with Crippen LogP contribution in [0.2, 0.25) is 0 Å². The Kier molecular flexibility index (Phi) is 6.24. The van der Waals surface area contributed by atoms with Crippen LogP contribution in [-0.2, 0) is 9.53 Å². The summed E-state index contributed by atoms with van der Waals surface area (Å²) in [5.41, 5.74) is 0.646. The fourth-order valence-corrected chi connectivity index (χ4v) is 3.81. The van der Waals surface area contributed by atoms with Crippen LogP contribution in [0, 0.1) is 5.82 Å². The number of hydrogen-bond acceptors (Lipinski definition) is 5. The zero-order valence-electron chi connectivity index (χ0n) is 14.2. The van der Waals surface area contributed by atoms with Crippen molar-refractivity contribution < 1.29 is 18.3 Å². The second kappa shape index (κ2) is 8.62. The summed E-state index contributed by atoms with van der Waals surface area (Å²) in [7, 11) is 0. The number of furan rings is 1. The number of hydrogen-bond donors (Lipinski definition) is 0. The predicted molar refractivity (Wildman–Crippen MR) is 105 cm³/mol. The van der Waals surface area contributed by atoms with E-state index in [2.05, 4.69) is 0 Å². The molecule has 0 radical (unpaired) electrons. The Labute approximate surface area is 161 Å². The number of amides is 1. The molecule has 0 bridgehead atoms. The van der Waals surface area contributed by atoms with E-state index in [1.165, 1.54) is 23.9 Å². The molecule has 0 atom stereocenters. The van der Waals surface area contributed by atoms with Gasteiger partial charge < -0.3 is 9.15 Å². The predicted octanol–water partition coefficient (Wildman–Crippen LogP) is 4.71. The van der Waals surface area contributed by atoms with E-state index >= 15 is 0 Å². The van der Waals surface area contributed by atoms with Gasteiger partial charge in [-0.2, -0.15) is 0 Å². The molecule has 7 heteroatoms. The average molecular weight is 391 g/mol. The number of benzene rings is 1. The minimum absolute atomic E-state index is 0.125. The van der Waals surface area contributed by atoms with Gasteiger partial charge in [-0.15, -0.1) is 0 Å². The summed E-state index contributed by atoms with van der Waals surface area (Å²) in [4.78, 5) is 14.6. The van der Waals surface area contributed by atoms with Gasteiger partial charge in [0.05, 0.1) is 4.91 Å². The minimum Gasteiger partial charge on any atom is -0.457 e. The fraction of sp³-hybridized carbons (Fsp3) is 0.263. The highest BCUT2D eigenvalue weighted by molar-refractivity contribution is 8.26. The summed E-state index contributed by atoms with van der Waals surface area (Å²) >= 11 is 6.56. The van der Waals surface area contributed by atoms with Crippen molar-refractivity contribution in [2.75, 3.05) is 19.8 Å². The first kappa shape index (κ1) is 18.8. The summed E-state index contributed by atoms with van der Waals surface area (Å²) in [6.45, 7) is 3.73. The lowest BCUT2D eigenvalue weighted by atomic mass is 10.2. The molecule has 1 saturated heterocycles. The van der Waals surface area contributed by atoms with Crippen molar-refractivity contribution in [2.45, 2.75) is 13.3 Å². The zero-order chi connectivity index (χ0) is 18.5. The second-order valence-corrected chi connectivity index (χ2v) is 7.27. The number of thioether (sulfide) groups is 1. The van der Waals surface area contributed by atoms with Crippen LogP contribution in [0.5, 0.6) is 0 Å². The molecule has 1 amide bonds. The highest BCUT2D eigenvalue weighted by Gasteiger charge is 2.31. The van der Waals surface area contributed by atoms with Crippen LogP contribution in [-0.4, -0.2) is 34.9 Å². The maximum atomic E-state index is 13.3. The third-order valence-electron chi connectivity index (χ3n) is 3.76. The topological polar surface area (TPSA) is 42.7 Å². The number of carbonyl (C=O) groups excluding carboxylic acids is 1. The van der Waals surface area contributed by atoms with Crippen LogP contribution in [0.3, 0.4) is 0 Å². The van der Waals surface area contributed by atoms with Crippen LogP contribution in [0.15, 0.2) is 45.7 Å². The van der Waals surface area contributed by atoms with Crippen LogP contribution in [0.1, 0.15) is 19.1 Å². The molecule has 1 aromatic carbocycles. The Morgan fingerprint density at radius 1 is 1.35 bits per heavy atom. The van der Waals surface area contributed by atoms with Crippen LogP contribution in [0.4, 0.5) is 4.39 Å². The summed E-state index contributed by atoms with van der Waals surface area (Å²) in [5, 5.41) is 0. The first-order chi connectivity index (χ1) is 12.6. The molecule has 0 saturated carbocycles. The van der Waals surface area contributed by atoms with Gasteiger partial charge in [0.2, 0.25) is 0 Å². The van der Waals surface area contributed by atoms with E-state index in [-0.39, 0.29) is 11.7 Å². The maximum absolute atomic E-state index is 13.3. The fourth-order valence-electron chi connectivity index (χ4n) is 2.52. The zero-order valence-corrected chi connectivity index (χ0v) is 15.9. The largest absolute Gasteiger partial charge is 0.457 e. The molecule has 2 aromatic rings. The summed E-state index contributed by atoms with van der Waals surface area (Å²) < 4.78 is 24.9. The number of carbonyl (C=O) groups is 1. The SMILES string of the molecule is CCOCCCN1C(=O)/C(=C\c2ccc(-c3cccc(F)c3)o2)SC1=S. The van der Waals surface area contributed by atoms with Crippen molar-refractivity contribution in [3.05, 3.63) is 52.9 Å². The number of halogens is 1. The van der Waals surface area contributed by atoms with Crippen LogP contribution >= 0.6 is 24.0 Å². The Morgan fingerprint density at radius 2 is 2.19 bits per heavy atom. The van der Waals surface area contributed by atoms with Gasteiger partial charge in [0.15, 0.2) is 0 Å². The van der Waals surface area contributed by atoms with Crippen molar-refractivity contribution in [1.29, 1.82) is 0 Å². The second-order valence-electron chi connectivity index (χ2n) is 5.60. The average Bonchev–Trinajstić information content (AvgIpc) is 3.18. The first-order valence-electron chi connectivity index (χ1n) is 8.27. The molecule has 2 heterocycles. The molecule has 4 nitrogen and oxygen atoms in total. The molecule has 1 aromatic heterocycles. The molecule has 0 unspecified atom stereocenters. The van der Waals surface area contributed by atoms with E-state index in [0.717, 1.165) is 6.42 Å². The lowest BCUT2D eigenvalue weighted by molar-refractivity contribution is -0.122. The molecule has 26 heavy (non-hydrogen) atoms. The van der Waals surface area contributed by atoms with Gasteiger partial charge in [-0.3, -0.25) is 9.69 Å². The quantitative estimate of drug-likeness (QED) is 0.388. The molecule has 0 N–H and O–H groups in total. The normalized spacial score (nSPS) is 16.1. The van der Waals surface area contributed by atoms with E-state index < -0.39 is 0 Å². The van der Waals surface area contributed by atoms with Crippen molar-refractivity contribution in [3.63, 3.8) is 0 Å². The summed E-state index contributed by atoms with van der Waals surface area (Å²) in [6, 6.07) is 9.68. The minimum atomic E-state index is -0.326. The number of rotatable bonds is 7. The standard InChI is InChI=1S/C19H18FNO3S2/c1-2-23-10-4-9-21-18(22)17(26-19(21)25)12-15-7-8-16(24-15)13-5-3-6-14(20)11-13/h3,5-8,11-12H,2,4,9-10H2,1H3/b17-12+. The third kappa shape index (κ3) is 4.41. The van der Waals surface area contributed by atoms with E-state index in [4.69, 9.17) is 21.4 Å². The first-order valence-corrected chi connectivity index (χ1v) is 9.50. The van der Waals surface area contributed by atoms with Gasteiger partial charge in [0.1, 0.15) is 21.7 Å². The monoisotopic (exact) mass is 391 g/mol.